The van der Waals surface area contributed by atoms with Crippen molar-refractivity contribution in [3.8, 4) is 0 Å². The van der Waals surface area contributed by atoms with Gasteiger partial charge in [-0.1, -0.05) is 20.8 Å². The quantitative estimate of drug-likeness (QED) is 0.399. The van der Waals surface area contributed by atoms with E-state index in [0.29, 0.717) is 9.65 Å². The highest BCUT2D eigenvalue weighted by atomic mass is 79.9. The van der Waals surface area contributed by atoms with Crippen molar-refractivity contribution in [3.05, 3.63) is 28.2 Å². The lowest BCUT2D eigenvalue weighted by Gasteiger charge is -2.41. The number of halogens is 3. The summed E-state index contributed by atoms with van der Waals surface area (Å²) >= 11 is 4.61. The summed E-state index contributed by atoms with van der Waals surface area (Å²) in [5.74, 6) is -0.550. The van der Waals surface area contributed by atoms with Crippen molar-refractivity contribution in [2.45, 2.75) is 69.7 Å². The second-order valence-electron chi connectivity index (χ2n) is 8.37. The predicted octanol–water partition coefficient (Wildman–Crippen LogP) is 6.09. The molecule has 0 spiro atoms. The highest BCUT2D eigenvalue weighted by Gasteiger charge is 2.48. The summed E-state index contributed by atoms with van der Waals surface area (Å²) in [6.45, 7) is 14.4. The van der Waals surface area contributed by atoms with Crippen molar-refractivity contribution in [1.82, 2.24) is 4.98 Å². The van der Waals surface area contributed by atoms with Gasteiger partial charge in [0.15, 0.2) is 8.32 Å². The molecule has 8 heteroatoms. The largest absolute Gasteiger partial charge is 0.416 e. The smallest absolute Gasteiger partial charge is 0.192 e. The van der Waals surface area contributed by atoms with Crippen LogP contribution in [0.15, 0.2) is 21.7 Å². The van der Waals surface area contributed by atoms with E-state index in [2.05, 4.69) is 59.8 Å². The van der Waals surface area contributed by atoms with Gasteiger partial charge >= 0.3 is 0 Å². The molecule has 0 amide bonds. The number of pyridine rings is 1. The van der Waals surface area contributed by atoms with E-state index in [0.717, 1.165) is 0 Å². The third-order valence-corrected chi connectivity index (χ3v) is 11.3. The Morgan fingerprint density at radius 3 is 2.54 bits per heavy atom. The van der Waals surface area contributed by atoms with Crippen LogP contribution in [0, 0.1) is 5.82 Å². The van der Waals surface area contributed by atoms with Crippen molar-refractivity contribution < 1.29 is 13.2 Å². The van der Waals surface area contributed by atoms with Gasteiger partial charge in [0.1, 0.15) is 27.8 Å². The van der Waals surface area contributed by atoms with E-state index in [1.54, 1.807) is 6.92 Å². The molecule has 0 fully saturated rings. The number of thioether (sulfide) groups is 1. The van der Waals surface area contributed by atoms with Crippen LogP contribution in [0.25, 0.3) is 0 Å². The zero-order valence-corrected chi connectivity index (χ0v) is 19.8. The predicted molar refractivity (Wildman–Crippen MR) is 112 cm³/mol. The first kappa shape index (κ1) is 22.0. The topological polar surface area (TPSA) is 34.5 Å². The molecule has 3 nitrogen and oxygen atoms in total. The molecule has 2 rings (SSSR count). The molecule has 0 bridgehead atoms. The number of hydrogen-bond acceptors (Lipinski definition) is 4. The fourth-order valence-electron chi connectivity index (χ4n) is 2.64. The van der Waals surface area contributed by atoms with Gasteiger partial charge in [-0.25, -0.2) is 13.8 Å². The molecule has 26 heavy (non-hydrogen) atoms. The van der Waals surface area contributed by atoms with Crippen LogP contribution in [0.2, 0.25) is 18.1 Å². The van der Waals surface area contributed by atoms with Gasteiger partial charge in [0.25, 0.3) is 0 Å². The Hall–Kier alpha value is -0.313. The first-order chi connectivity index (χ1) is 11.8. The van der Waals surface area contributed by atoms with Gasteiger partial charge in [-0.15, -0.1) is 11.8 Å². The van der Waals surface area contributed by atoms with E-state index in [1.165, 1.54) is 23.9 Å². The normalized spacial score (nSPS) is 27.4. The van der Waals surface area contributed by atoms with E-state index in [1.807, 2.05) is 6.92 Å². The first-order valence-electron chi connectivity index (χ1n) is 8.61. The van der Waals surface area contributed by atoms with Crippen molar-refractivity contribution >= 4 is 41.1 Å². The summed E-state index contributed by atoms with van der Waals surface area (Å²) in [7, 11) is -2.00. The van der Waals surface area contributed by atoms with Crippen molar-refractivity contribution in [2.24, 2.45) is 4.99 Å². The van der Waals surface area contributed by atoms with E-state index in [4.69, 9.17) is 4.43 Å². The van der Waals surface area contributed by atoms with E-state index in [-0.39, 0.29) is 17.3 Å². The molecule has 0 saturated carbocycles. The maximum atomic E-state index is 15.5. The molecule has 1 aromatic heterocycles. The third kappa shape index (κ3) is 4.39. The van der Waals surface area contributed by atoms with Gasteiger partial charge in [-0.05, 0) is 60.0 Å². The molecule has 0 saturated heterocycles. The van der Waals surface area contributed by atoms with Crippen LogP contribution in [0.1, 0.15) is 40.3 Å². The minimum atomic E-state index is -2.00. The van der Waals surface area contributed by atoms with Crippen molar-refractivity contribution in [3.63, 3.8) is 0 Å². The molecule has 0 N–H and O–H groups in total. The standard InChI is InChI=1S/C18H27BrF2N2OSSi/c1-11-23-18(5,16-12(20)8-9-14(19)22-16)15(21)13(25-11)10-24-26(6,7)17(2,3)4/h8-9,13,15H,10H2,1-7H3/t13-,15+,18+/m1/s1. The lowest BCUT2D eigenvalue weighted by atomic mass is 9.89. The number of aromatic nitrogens is 1. The van der Waals surface area contributed by atoms with Gasteiger partial charge in [-0.2, -0.15) is 0 Å². The van der Waals surface area contributed by atoms with Crippen LogP contribution in [0.4, 0.5) is 8.78 Å². The average molecular weight is 465 g/mol. The molecular formula is C18H27BrF2N2OSSi. The molecule has 3 atom stereocenters. The average Bonchev–Trinajstić information content (AvgIpc) is 2.50. The molecule has 1 aromatic rings. The number of alkyl halides is 1. The molecule has 0 radical (unpaired) electrons. The van der Waals surface area contributed by atoms with Gasteiger partial charge < -0.3 is 4.43 Å². The van der Waals surface area contributed by atoms with Crippen LogP contribution in [-0.4, -0.2) is 36.4 Å². The van der Waals surface area contributed by atoms with Crippen LogP contribution >= 0.6 is 27.7 Å². The SMILES string of the molecule is CC1=N[C@](C)(c2nc(Br)ccc2F)[C@@H](F)[C@@H](CO[Si](C)(C)C(C)(C)C)S1. The van der Waals surface area contributed by atoms with Crippen molar-refractivity contribution in [2.75, 3.05) is 6.61 Å². The Balaban J connectivity index is 2.31. The molecule has 1 aliphatic heterocycles. The maximum absolute atomic E-state index is 15.5. The summed E-state index contributed by atoms with van der Waals surface area (Å²) in [6, 6.07) is 2.79. The number of nitrogens with zero attached hydrogens (tertiary/aromatic N) is 2. The van der Waals surface area contributed by atoms with E-state index < -0.39 is 31.1 Å². The molecule has 0 aromatic carbocycles. The fraction of sp³-hybridized carbons (Fsp3) is 0.667. The van der Waals surface area contributed by atoms with Crippen LogP contribution in [0.5, 0.6) is 0 Å². The number of hydrogen-bond donors (Lipinski definition) is 0. The summed E-state index contributed by atoms with van der Waals surface area (Å²) < 4.78 is 36.6. The van der Waals surface area contributed by atoms with Crippen LogP contribution in [0.3, 0.4) is 0 Å². The minimum Gasteiger partial charge on any atom is -0.416 e. The van der Waals surface area contributed by atoms with Gasteiger partial charge in [0, 0.05) is 6.61 Å². The Kier molecular flexibility index (Phi) is 6.43. The molecular weight excluding hydrogens is 438 g/mol. The molecule has 0 aliphatic carbocycles. The lowest BCUT2D eigenvalue weighted by Crippen LogP contribution is -2.49. The van der Waals surface area contributed by atoms with E-state index in [9.17, 15) is 4.39 Å². The minimum absolute atomic E-state index is 0.0244. The highest BCUT2D eigenvalue weighted by molar-refractivity contribution is 9.10. The molecule has 0 unspecified atom stereocenters. The Morgan fingerprint density at radius 2 is 1.96 bits per heavy atom. The van der Waals surface area contributed by atoms with Crippen molar-refractivity contribution in [1.29, 1.82) is 0 Å². The maximum Gasteiger partial charge on any atom is 0.192 e. The first-order valence-corrected chi connectivity index (χ1v) is 13.2. The zero-order valence-electron chi connectivity index (χ0n) is 16.4. The summed E-state index contributed by atoms with van der Waals surface area (Å²) in [5.41, 5.74) is -1.35. The Bertz CT molecular complexity index is 711. The van der Waals surface area contributed by atoms with Gasteiger partial charge in [0.2, 0.25) is 0 Å². The summed E-state index contributed by atoms with van der Waals surface area (Å²) in [5, 5.41) is 0.306. The lowest BCUT2D eigenvalue weighted by molar-refractivity contribution is 0.156. The third-order valence-electron chi connectivity index (χ3n) is 5.28. The monoisotopic (exact) mass is 464 g/mol. The summed E-state index contributed by atoms with van der Waals surface area (Å²) in [4.78, 5) is 8.64. The van der Waals surface area contributed by atoms with Gasteiger partial charge in [0.05, 0.1) is 10.3 Å². The Morgan fingerprint density at radius 1 is 1.35 bits per heavy atom. The summed E-state index contributed by atoms with van der Waals surface area (Å²) in [6.07, 6.45) is -1.41. The molecule has 1 aliphatic rings. The molecule has 2 heterocycles. The second kappa shape index (κ2) is 7.60. The van der Waals surface area contributed by atoms with Crippen LogP contribution < -0.4 is 0 Å². The number of aliphatic imine (C=N–C) groups is 1. The second-order valence-corrected chi connectivity index (χ2v) is 15.4. The fourth-order valence-corrected chi connectivity index (χ4v) is 5.30. The van der Waals surface area contributed by atoms with E-state index >= 15 is 4.39 Å². The van der Waals surface area contributed by atoms with Gasteiger partial charge in [-0.3, -0.25) is 4.99 Å². The highest BCUT2D eigenvalue weighted by Crippen LogP contribution is 2.44. The Labute approximate surface area is 168 Å². The molecule has 146 valence electrons. The zero-order chi connectivity index (χ0) is 19.9. The number of rotatable bonds is 4. The van der Waals surface area contributed by atoms with Crippen LogP contribution in [-0.2, 0) is 9.96 Å².